The average Bonchev–Trinajstić information content (AvgIpc) is 3.34. The van der Waals surface area contributed by atoms with Crippen LogP contribution in [0.3, 0.4) is 0 Å². The summed E-state index contributed by atoms with van der Waals surface area (Å²) < 4.78 is 5.54. The van der Waals surface area contributed by atoms with Crippen LogP contribution in [-0.4, -0.2) is 39.9 Å². The Kier molecular flexibility index (Phi) is 6.26. The van der Waals surface area contributed by atoms with Crippen molar-refractivity contribution in [2.45, 2.75) is 32.1 Å². The first-order valence-corrected chi connectivity index (χ1v) is 10.6. The van der Waals surface area contributed by atoms with E-state index in [1.807, 2.05) is 24.3 Å². The lowest BCUT2D eigenvalue weighted by molar-refractivity contribution is -0.115. The zero-order valence-electron chi connectivity index (χ0n) is 17.7. The number of anilines is 1. The van der Waals surface area contributed by atoms with Gasteiger partial charge >= 0.3 is 0 Å². The minimum Gasteiger partial charge on any atom is -0.339 e. The Morgan fingerprint density at radius 1 is 1.25 bits per heavy atom. The van der Waals surface area contributed by atoms with Gasteiger partial charge in [0, 0.05) is 36.3 Å². The summed E-state index contributed by atoms with van der Waals surface area (Å²) in [6.07, 6.45) is 2.09. The fourth-order valence-electron chi connectivity index (χ4n) is 3.74. The number of benzene rings is 2. The third-order valence-electron chi connectivity index (χ3n) is 5.49. The van der Waals surface area contributed by atoms with E-state index in [1.54, 1.807) is 36.1 Å². The Morgan fingerprint density at radius 3 is 2.81 bits per heavy atom. The van der Waals surface area contributed by atoms with Crippen molar-refractivity contribution >= 4 is 17.5 Å². The molecule has 0 spiro atoms. The highest BCUT2D eigenvalue weighted by Gasteiger charge is 2.29. The van der Waals surface area contributed by atoms with Gasteiger partial charge in [0.15, 0.2) is 0 Å². The van der Waals surface area contributed by atoms with Gasteiger partial charge < -0.3 is 14.7 Å². The highest BCUT2D eigenvalue weighted by molar-refractivity contribution is 5.94. The fraction of sp³-hybridized carbons (Fsp3) is 0.292. The maximum absolute atomic E-state index is 12.9. The number of piperidine rings is 1. The Bertz CT molecular complexity index is 1160. The number of amides is 2. The quantitative estimate of drug-likeness (QED) is 0.657. The minimum absolute atomic E-state index is 0.0460. The van der Waals surface area contributed by atoms with Crippen molar-refractivity contribution in [1.29, 1.82) is 5.26 Å². The molecule has 0 aliphatic carbocycles. The summed E-state index contributed by atoms with van der Waals surface area (Å²) in [6, 6.07) is 16.0. The molecule has 8 nitrogen and oxygen atoms in total. The summed E-state index contributed by atoms with van der Waals surface area (Å²) in [5.41, 5.74) is 2.50. The van der Waals surface area contributed by atoms with Gasteiger partial charge in [-0.05, 0) is 49.2 Å². The van der Waals surface area contributed by atoms with E-state index < -0.39 is 0 Å². The molecular weight excluding hydrogens is 406 g/mol. The summed E-state index contributed by atoms with van der Waals surface area (Å²) in [5.74, 6) is 0.766. The number of nitriles is 1. The number of nitrogens with one attached hydrogen (secondary N) is 1. The van der Waals surface area contributed by atoms with E-state index in [4.69, 9.17) is 9.78 Å². The van der Waals surface area contributed by atoms with Gasteiger partial charge in [-0.1, -0.05) is 24.2 Å². The number of hydrogen-bond donors (Lipinski definition) is 1. The molecule has 2 amide bonds. The molecule has 1 unspecified atom stereocenters. The van der Waals surface area contributed by atoms with Crippen LogP contribution in [0.2, 0.25) is 0 Å². The molecule has 1 atom stereocenters. The van der Waals surface area contributed by atoms with Crippen molar-refractivity contribution in [1.82, 2.24) is 15.0 Å². The van der Waals surface area contributed by atoms with Crippen molar-refractivity contribution in [3.8, 4) is 17.5 Å². The van der Waals surface area contributed by atoms with Crippen LogP contribution in [0.4, 0.5) is 5.69 Å². The third kappa shape index (κ3) is 4.67. The number of rotatable bonds is 5. The lowest BCUT2D eigenvalue weighted by Gasteiger charge is -2.31. The van der Waals surface area contributed by atoms with Crippen LogP contribution in [0.15, 0.2) is 53.1 Å². The molecule has 1 saturated heterocycles. The van der Waals surface area contributed by atoms with Gasteiger partial charge in [0.25, 0.3) is 5.91 Å². The number of hydrogen-bond acceptors (Lipinski definition) is 6. The van der Waals surface area contributed by atoms with Gasteiger partial charge in [-0.15, -0.1) is 0 Å². The molecule has 1 fully saturated rings. The van der Waals surface area contributed by atoms with Crippen molar-refractivity contribution < 1.29 is 14.1 Å². The maximum atomic E-state index is 12.9. The molecular formula is C24H23N5O3. The van der Waals surface area contributed by atoms with Gasteiger partial charge in [0.1, 0.15) is 0 Å². The Morgan fingerprint density at radius 2 is 2.06 bits per heavy atom. The molecule has 1 aliphatic heterocycles. The van der Waals surface area contributed by atoms with Gasteiger partial charge in [0.2, 0.25) is 17.6 Å². The first-order valence-electron chi connectivity index (χ1n) is 10.6. The topological polar surface area (TPSA) is 112 Å². The Hall–Kier alpha value is -3.99. The zero-order chi connectivity index (χ0) is 22.5. The molecule has 32 heavy (non-hydrogen) atoms. The molecule has 3 aromatic rings. The van der Waals surface area contributed by atoms with Gasteiger partial charge in [-0.25, -0.2) is 0 Å². The molecule has 2 aromatic carbocycles. The van der Waals surface area contributed by atoms with E-state index in [0.717, 1.165) is 18.4 Å². The molecule has 4 rings (SSSR count). The van der Waals surface area contributed by atoms with E-state index in [-0.39, 0.29) is 17.7 Å². The molecule has 0 radical (unpaired) electrons. The van der Waals surface area contributed by atoms with Crippen molar-refractivity contribution in [3.63, 3.8) is 0 Å². The predicted molar refractivity (Wildman–Crippen MR) is 118 cm³/mol. The normalized spacial score (nSPS) is 15.8. The summed E-state index contributed by atoms with van der Waals surface area (Å²) in [4.78, 5) is 30.9. The molecule has 8 heteroatoms. The van der Waals surface area contributed by atoms with Gasteiger partial charge in [-0.3, -0.25) is 9.59 Å². The van der Waals surface area contributed by atoms with E-state index >= 15 is 0 Å². The summed E-state index contributed by atoms with van der Waals surface area (Å²) >= 11 is 0. The molecule has 2 heterocycles. The summed E-state index contributed by atoms with van der Waals surface area (Å²) in [6.45, 7) is 2.95. The van der Waals surface area contributed by atoms with Crippen molar-refractivity contribution in [3.05, 3.63) is 65.5 Å². The molecule has 1 aliphatic rings. The highest BCUT2D eigenvalue weighted by Crippen LogP contribution is 2.29. The molecule has 1 aromatic heterocycles. The second-order valence-corrected chi connectivity index (χ2v) is 7.72. The highest BCUT2D eigenvalue weighted by atomic mass is 16.5. The predicted octanol–water partition coefficient (Wildman–Crippen LogP) is 3.98. The second kappa shape index (κ2) is 9.43. The van der Waals surface area contributed by atoms with Crippen LogP contribution in [0.5, 0.6) is 0 Å². The number of aromatic nitrogens is 2. The Labute approximate surface area is 185 Å². The lowest BCUT2D eigenvalue weighted by atomic mass is 9.97. The lowest BCUT2D eigenvalue weighted by Crippen LogP contribution is -2.39. The summed E-state index contributed by atoms with van der Waals surface area (Å²) in [5, 5.41) is 15.9. The minimum atomic E-state index is -0.0710. The van der Waals surface area contributed by atoms with Crippen molar-refractivity contribution in [2.75, 3.05) is 18.4 Å². The van der Waals surface area contributed by atoms with E-state index in [1.165, 1.54) is 0 Å². The number of carbonyl (C=O) groups is 2. The van der Waals surface area contributed by atoms with Crippen LogP contribution in [-0.2, 0) is 4.79 Å². The molecule has 1 N–H and O–H groups in total. The van der Waals surface area contributed by atoms with E-state index in [9.17, 15) is 9.59 Å². The third-order valence-corrected chi connectivity index (χ3v) is 5.49. The number of nitrogens with zero attached hydrogens (tertiary/aromatic N) is 4. The Balaban J connectivity index is 1.47. The summed E-state index contributed by atoms with van der Waals surface area (Å²) in [7, 11) is 0. The van der Waals surface area contributed by atoms with Gasteiger partial charge in [-0.2, -0.15) is 10.2 Å². The average molecular weight is 429 g/mol. The van der Waals surface area contributed by atoms with Gasteiger partial charge in [0.05, 0.1) is 17.6 Å². The van der Waals surface area contributed by atoms with E-state index in [2.05, 4.69) is 21.5 Å². The monoisotopic (exact) mass is 429 g/mol. The SMILES string of the molecule is CCC(=O)Nc1cccc(-c2noc(C3CCCN(C(=O)c4ccc(C#N)cc4)C3)n2)c1. The zero-order valence-corrected chi connectivity index (χ0v) is 17.7. The van der Waals surface area contributed by atoms with E-state index in [0.29, 0.717) is 48.0 Å². The van der Waals surface area contributed by atoms with Crippen LogP contribution in [0.1, 0.15) is 53.9 Å². The fourth-order valence-corrected chi connectivity index (χ4v) is 3.74. The first kappa shape index (κ1) is 21.2. The molecule has 162 valence electrons. The number of carbonyl (C=O) groups excluding carboxylic acids is 2. The standard InChI is InChI=1S/C24H23N5O3/c1-2-21(30)26-20-7-3-5-18(13-20)22-27-23(32-28-22)19-6-4-12-29(15-19)24(31)17-10-8-16(14-25)9-11-17/h3,5,7-11,13,19H,2,4,6,12,15H2,1H3,(H,26,30). The van der Waals surface area contributed by atoms with Crippen molar-refractivity contribution in [2.24, 2.45) is 0 Å². The second-order valence-electron chi connectivity index (χ2n) is 7.72. The molecule has 0 saturated carbocycles. The first-order chi connectivity index (χ1) is 15.6. The van der Waals surface area contributed by atoms with Crippen LogP contribution < -0.4 is 5.32 Å². The smallest absolute Gasteiger partial charge is 0.253 e. The van der Waals surface area contributed by atoms with Crippen LogP contribution in [0.25, 0.3) is 11.4 Å². The largest absolute Gasteiger partial charge is 0.339 e. The molecule has 0 bridgehead atoms. The van der Waals surface area contributed by atoms with Crippen LogP contribution in [0, 0.1) is 11.3 Å². The maximum Gasteiger partial charge on any atom is 0.253 e. The van der Waals surface area contributed by atoms with Crippen LogP contribution >= 0.6 is 0 Å². The number of likely N-dealkylation sites (tertiary alicyclic amines) is 1.